The van der Waals surface area contributed by atoms with Crippen LogP contribution in [0.3, 0.4) is 0 Å². The summed E-state index contributed by atoms with van der Waals surface area (Å²) < 4.78 is 19.4. The fourth-order valence-corrected chi connectivity index (χ4v) is 3.09. The topological polar surface area (TPSA) is 46.6 Å². The zero-order chi connectivity index (χ0) is 17.8. The van der Waals surface area contributed by atoms with E-state index in [2.05, 4.69) is 15.9 Å². The van der Waals surface area contributed by atoms with Gasteiger partial charge in [-0.15, -0.1) is 0 Å². The van der Waals surface area contributed by atoms with E-state index in [4.69, 9.17) is 4.74 Å². The molecule has 0 aromatic heterocycles. The fourth-order valence-electron chi connectivity index (χ4n) is 2.73. The maximum atomic E-state index is 13.7. The van der Waals surface area contributed by atoms with Gasteiger partial charge in [0, 0.05) is 23.1 Å². The number of carbonyl (C=O) groups is 2. The molecule has 1 fully saturated rings. The van der Waals surface area contributed by atoms with E-state index in [1.807, 2.05) is 4.90 Å². The fraction of sp³-hybridized carbons (Fsp3) is 0.263. The second-order valence-electron chi connectivity index (χ2n) is 5.90. The van der Waals surface area contributed by atoms with Crippen LogP contribution in [0.4, 0.5) is 4.39 Å². The highest BCUT2D eigenvalue weighted by Gasteiger charge is 2.19. The molecule has 0 unspecified atom stereocenters. The van der Waals surface area contributed by atoms with Crippen molar-refractivity contribution in [3.63, 3.8) is 0 Å². The third-order valence-corrected chi connectivity index (χ3v) is 4.61. The van der Waals surface area contributed by atoms with Gasteiger partial charge in [0.25, 0.3) is 5.91 Å². The molecule has 2 aromatic rings. The number of nitrogens with zero attached hydrogens (tertiary/aromatic N) is 1. The lowest BCUT2D eigenvalue weighted by atomic mass is 10.1. The van der Waals surface area contributed by atoms with Crippen molar-refractivity contribution in [2.24, 2.45) is 0 Å². The van der Waals surface area contributed by atoms with E-state index in [-0.39, 0.29) is 18.1 Å². The van der Waals surface area contributed by atoms with Crippen molar-refractivity contribution in [2.75, 3.05) is 13.1 Å². The average Bonchev–Trinajstić information content (AvgIpc) is 3.16. The predicted molar refractivity (Wildman–Crippen MR) is 94.8 cm³/mol. The molecule has 3 rings (SSSR count). The molecule has 0 N–H and O–H groups in total. The summed E-state index contributed by atoms with van der Waals surface area (Å²) in [5.74, 6) is -1.33. The van der Waals surface area contributed by atoms with Crippen LogP contribution >= 0.6 is 15.9 Å². The maximum absolute atomic E-state index is 13.7. The third-order valence-electron chi connectivity index (χ3n) is 4.11. The largest absolute Gasteiger partial charge is 0.457 e. The standard InChI is InChI=1S/C19H17BrFNO3/c20-15-7-8-17(21)16(11-15)19(24)25-12-13-3-5-14(6-4-13)18(23)22-9-1-2-10-22/h3-8,11H,1-2,9-10,12H2. The van der Waals surface area contributed by atoms with Crippen LogP contribution in [-0.2, 0) is 11.3 Å². The summed E-state index contributed by atoms with van der Waals surface area (Å²) in [4.78, 5) is 26.1. The molecule has 2 aromatic carbocycles. The van der Waals surface area contributed by atoms with Gasteiger partial charge < -0.3 is 9.64 Å². The highest BCUT2D eigenvalue weighted by Crippen LogP contribution is 2.18. The second kappa shape index (κ2) is 7.78. The Morgan fingerprint density at radius 3 is 2.44 bits per heavy atom. The molecule has 1 amide bonds. The Kier molecular flexibility index (Phi) is 5.48. The Balaban J connectivity index is 1.61. The number of hydrogen-bond donors (Lipinski definition) is 0. The first kappa shape index (κ1) is 17.6. The molecule has 0 atom stereocenters. The van der Waals surface area contributed by atoms with Crippen molar-refractivity contribution >= 4 is 27.8 Å². The van der Waals surface area contributed by atoms with Crippen LogP contribution in [0.2, 0.25) is 0 Å². The molecule has 130 valence electrons. The maximum Gasteiger partial charge on any atom is 0.341 e. The second-order valence-corrected chi connectivity index (χ2v) is 6.81. The van der Waals surface area contributed by atoms with Gasteiger partial charge >= 0.3 is 5.97 Å². The minimum absolute atomic E-state index is 0.0168. The number of esters is 1. The minimum Gasteiger partial charge on any atom is -0.457 e. The van der Waals surface area contributed by atoms with Gasteiger partial charge in [0.2, 0.25) is 0 Å². The summed E-state index contributed by atoms with van der Waals surface area (Å²) in [6.45, 7) is 1.62. The molecular formula is C19H17BrFNO3. The summed E-state index contributed by atoms with van der Waals surface area (Å²) in [7, 11) is 0. The summed E-state index contributed by atoms with van der Waals surface area (Å²) in [6.07, 6.45) is 2.10. The van der Waals surface area contributed by atoms with Gasteiger partial charge in [-0.25, -0.2) is 9.18 Å². The van der Waals surface area contributed by atoms with Crippen LogP contribution in [0, 0.1) is 5.82 Å². The molecule has 1 heterocycles. The van der Waals surface area contributed by atoms with Crippen LogP contribution < -0.4 is 0 Å². The molecule has 25 heavy (non-hydrogen) atoms. The SMILES string of the molecule is O=C(OCc1ccc(C(=O)N2CCCC2)cc1)c1cc(Br)ccc1F. The Bertz CT molecular complexity index is 786. The first-order chi connectivity index (χ1) is 12.0. The Labute approximate surface area is 153 Å². The van der Waals surface area contributed by atoms with Gasteiger partial charge in [-0.05, 0) is 48.7 Å². The number of likely N-dealkylation sites (tertiary alicyclic amines) is 1. The number of benzene rings is 2. The lowest BCUT2D eigenvalue weighted by molar-refractivity contribution is 0.0467. The number of ether oxygens (including phenoxy) is 1. The Hall–Kier alpha value is -2.21. The molecule has 0 saturated carbocycles. The molecular weight excluding hydrogens is 389 g/mol. The van der Waals surface area contributed by atoms with Gasteiger partial charge in [-0.3, -0.25) is 4.79 Å². The van der Waals surface area contributed by atoms with Crippen molar-refractivity contribution in [1.29, 1.82) is 0 Å². The van der Waals surface area contributed by atoms with Crippen molar-refractivity contribution in [3.05, 3.63) is 69.4 Å². The zero-order valence-electron chi connectivity index (χ0n) is 13.5. The van der Waals surface area contributed by atoms with E-state index in [9.17, 15) is 14.0 Å². The minimum atomic E-state index is -0.726. The molecule has 0 radical (unpaired) electrons. The molecule has 4 nitrogen and oxygen atoms in total. The van der Waals surface area contributed by atoms with Crippen LogP contribution in [0.1, 0.15) is 39.1 Å². The number of rotatable bonds is 4. The van der Waals surface area contributed by atoms with Crippen molar-refractivity contribution in [2.45, 2.75) is 19.4 Å². The molecule has 0 aliphatic carbocycles. The highest BCUT2D eigenvalue weighted by atomic mass is 79.9. The van der Waals surface area contributed by atoms with Gasteiger partial charge in [0.15, 0.2) is 0 Å². The van der Waals surface area contributed by atoms with E-state index in [0.29, 0.717) is 10.0 Å². The number of amides is 1. The predicted octanol–water partition coefficient (Wildman–Crippen LogP) is 4.18. The van der Waals surface area contributed by atoms with Crippen molar-refractivity contribution in [3.8, 4) is 0 Å². The molecule has 6 heteroatoms. The van der Waals surface area contributed by atoms with Crippen molar-refractivity contribution < 1.29 is 18.7 Å². The number of hydrogen-bond acceptors (Lipinski definition) is 3. The van der Waals surface area contributed by atoms with E-state index >= 15 is 0 Å². The molecule has 1 aliphatic heterocycles. The zero-order valence-corrected chi connectivity index (χ0v) is 15.1. The van der Waals surface area contributed by atoms with E-state index in [1.165, 1.54) is 18.2 Å². The van der Waals surface area contributed by atoms with E-state index in [0.717, 1.165) is 31.5 Å². The average molecular weight is 406 g/mol. The summed E-state index contributed by atoms with van der Waals surface area (Å²) in [6, 6.07) is 11.0. The normalized spacial score (nSPS) is 13.8. The monoisotopic (exact) mass is 405 g/mol. The molecule has 0 spiro atoms. The smallest absolute Gasteiger partial charge is 0.341 e. The van der Waals surface area contributed by atoms with Crippen molar-refractivity contribution in [1.82, 2.24) is 4.90 Å². The summed E-state index contributed by atoms with van der Waals surface area (Å²) >= 11 is 3.20. The van der Waals surface area contributed by atoms with Crippen LogP contribution in [-0.4, -0.2) is 29.9 Å². The van der Waals surface area contributed by atoms with E-state index in [1.54, 1.807) is 24.3 Å². The van der Waals surface area contributed by atoms with Crippen LogP contribution in [0.25, 0.3) is 0 Å². The lowest BCUT2D eigenvalue weighted by Crippen LogP contribution is -2.27. The van der Waals surface area contributed by atoms with Gasteiger partial charge in [-0.1, -0.05) is 28.1 Å². The first-order valence-electron chi connectivity index (χ1n) is 8.05. The first-order valence-corrected chi connectivity index (χ1v) is 8.84. The summed E-state index contributed by atoms with van der Waals surface area (Å²) in [5, 5.41) is 0. The summed E-state index contributed by atoms with van der Waals surface area (Å²) in [5.41, 5.74) is 1.24. The molecule has 1 aliphatic rings. The van der Waals surface area contributed by atoms with Gasteiger partial charge in [0.05, 0.1) is 5.56 Å². The highest BCUT2D eigenvalue weighted by molar-refractivity contribution is 9.10. The lowest BCUT2D eigenvalue weighted by Gasteiger charge is -2.15. The van der Waals surface area contributed by atoms with Gasteiger partial charge in [-0.2, -0.15) is 0 Å². The number of carbonyl (C=O) groups excluding carboxylic acids is 2. The Morgan fingerprint density at radius 2 is 1.76 bits per heavy atom. The molecule has 1 saturated heterocycles. The van der Waals surface area contributed by atoms with Gasteiger partial charge in [0.1, 0.15) is 12.4 Å². The number of halogens is 2. The third kappa shape index (κ3) is 4.25. The molecule has 0 bridgehead atoms. The van der Waals surface area contributed by atoms with E-state index < -0.39 is 11.8 Å². The quantitative estimate of drug-likeness (QED) is 0.716. The van der Waals surface area contributed by atoms with Crippen LogP contribution in [0.15, 0.2) is 46.9 Å². The van der Waals surface area contributed by atoms with Crippen LogP contribution in [0.5, 0.6) is 0 Å². The Morgan fingerprint density at radius 1 is 1.08 bits per heavy atom.